The minimum absolute atomic E-state index is 0.942. The standard InChI is InChI=1S/C60H39N5/c1-38-48(51-22-14-15-33-61-51)36-41(64-56-27-12-6-20-46(56)49-34-39(29-31-58(49)64)62-52-23-8-2-16-42(52)43-17-3-9-24-53(43)62)37-60(38)65-57-28-13-7-21-47(57)50-35-40(30-32-59(50)65)63-54-25-10-4-18-44(54)45-19-5-11-26-55(45)63/h2-37H,1H3. The molecule has 0 atom stereocenters. The SMILES string of the molecule is Cc1c(-c2ccccn2)cc(-n2c3ccccc3c3cc(-n4c5ccccc5c5ccccc54)ccc32)cc1-n1c2ccccc2c2cc(-n3c4ccccc4c4ccccc43)ccc21. The van der Waals surface area contributed by atoms with Crippen LogP contribution in [-0.4, -0.2) is 23.3 Å². The normalized spacial score (nSPS) is 12.1. The number of para-hydroxylation sites is 6. The lowest BCUT2D eigenvalue weighted by atomic mass is 10.0. The molecular weight excluding hydrogens is 791 g/mol. The average Bonchev–Trinajstić information content (AvgIpc) is 4.09. The zero-order valence-electron chi connectivity index (χ0n) is 35.5. The summed E-state index contributed by atoms with van der Waals surface area (Å²) in [5, 5.41) is 9.86. The van der Waals surface area contributed by atoms with Gasteiger partial charge in [0.05, 0.1) is 55.5 Å². The Labute approximate surface area is 373 Å². The van der Waals surface area contributed by atoms with E-state index >= 15 is 0 Å². The van der Waals surface area contributed by atoms with Gasteiger partial charge in [0.15, 0.2) is 0 Å². The molecule has 65 heavy (non-hydrogen) atoms. The van der Waals surface area contributed by atoms with E-state index in [1.165, 1.54) is 65.2 Å². The Bertz CT molecular complexity index is 4150. The van der Waals surface area contributed by atoms with Gasteiger partial charge in [0, 0.05) is 71.9 Å². The lowest BCUT2D eigenvalue weighted by molar-refractivity contribution is 1.11. The summed E-state index contributed by atoms with van der Waals surface area (Å²) in [6.07, 6.45) is 1.90. The van der Waals surface area contributed by atoms with Gasteiger partial charge in [0.25, 0.3) is 0 Å². The molecule has 5 nitrogen and oxygen atoms in total. The Hall–Kier alpha value is -8.67. The Kier molecular flexibility index (Phi) is 7.54. The molecule has 14 rings (SSSR count). The van der Waals surface area contributed by atoms with Crippen LogP contribution in [0.4, 0.5) is 0 Å². The van der Waals surface area contributed by atoms with E-state index in [2.05, 4.69) is 231 Å². The smallest absolute Gasteiger partial charge is 0.0706 e. The lowest BCUT2D eigenvalue weighted by Gasteiger charge is -2.19. The van der Waals surface area contributed by atoms with Gasteiger partial charge in [0.1, 0.15) is 0 Å². The maximum Gasteiger partial charge on any atom is 0.0706 e. The van der Waals surface area contributed by atoms with Crippen molar-refractivity contribution in [2.24, 2.45) is 0 Å². The number of benzene rings is 9. The van der Waals surface area contributed by atoms with E-state index in [0.717, 1.165) is 61.6 Å². The number of hydrogen-bond acceptors (Lipinski definition) is 1. The molecule has 5 heteroatoms. The van der Waals surface area contributed by atoms with Gasteiger partial charge in [-0.05, 0) is 110 Å². The first-order chi connectivity index (χ1) is 32.2. The van der Waals surface area contributed by atoms with E-state index in [1.54, 1.807) is 0 Å². The third-order valence-corrected chi connectivity index (χ3v) is 13.8. The molecule has 5 heterocycles. The molecule has 0 amide bonds. The van der Waals surface area contributed by atoms with Gasteiger partial charge < -0.3 is 18.3 Å². The van der Waals surface area contributed by atoms with Crippen molar-refractivity contribution in [3.63, 3.8) is 0 Å². The Morgan fingerprint density at radius 2 is 0.646 bits per heavy atom. The molecule has 14 aromatic rings. The second kappa shape index (κ2) is 13.7. The summed E-state index contributed by atoms with van der Waals surface area (Å²) in [4.78, 5) is 4.96. The Morgan fingerprint density at radius 3 is 1.08 bits per heavy atom. The molecule has 0 unspecified atom stereocenters. The molecule has 0 radical (unpaired) electrons. The molecule has 304 valence electrons. The second-order valence-corrected chi connectivity index (χ2v) is 17.2. The minimum Gasteiger partial charge on any atom is -0.309 e. The predicted molar refractivity (Wildman–Crippen MR) is 272 cm³/mol. The van der Waals surface area contributed by atoms with Crippen molar-refractivity contribution in [2.75, 3.05) is 0 Å². The van der Waals surface area contributed by atoms with Crippen molar-refractivity contribution in [1.82, 2.24) is 23.3 Å². The Balaban J connectivity index is 1.03. The third kappa shape index (κ3) is 5.12. The van der Waals surface area contributed by atoms with E-state index in [9.17, 15) is 0 Å². The molecule has 0 N–H and O–H groups in total. The van der Waals surface area contributed by atoms with Crippen LogP contribution in [0.15, 0.2) is 219 Å². The highest BCUT2D eigenvalue weighted by molar-refractivity contribution is 6.14. The van der Waals surface area contributed by atoms with Crippen molar-refractivity contribution < 1.29 is 0 Å². The molecule has 0 saturated carbocycles. The molecule has 0 fully saturated rings. The zero-order valence-corrected chi connectivity index (χ0v) is 35.5. The fourth-order valence-corrected chi connectivity index (χ4v) is 11.0. The first kappa shape index (κ1) is 35.9. The van der Waals surface area contributed by atoms with E-state index in [1.807, 2.05) is 12.3 Å². The van der Waals surface area contributed by atoms with Crippen LogP contribution in [0.25, 0.3) is 121 Å². The number of hydrogen-bond donors (Lipinski definition) is 0. The molecule has 0 bridgehead atoms. The Morgan fingerprint density at radius 1 is 0.292 bits per heavy atom. The zero-order chi connectivity index (χ0) is 42.8. The average molecular weight is 830 g/mol. The van der Waals surface area contributed by atoms with Crippen molar-refractivity contribution in [2.45, 2.75) is 6.92 Å². The summed E-state index contributed by atoms with van der Waals surface area (Å²) in [7, 11) is 0. The quantitative estimate of drug-likeness (QED) is 0.170. The van der Waals surface area contributed by atoms with Crippen molar-refractivity contribution in [1.29, 1.82) is 0 Å². The molecular formula is C60H39N5. The van der Waals surface area contributed by atoms with Gasteiger partial charge >= 0.3 is 0 Å². The van der Waals surface area contributed by atoms with E-state index in [-0.39, 0.29) is 0 Å². The fraction of sp³-hybridized carbons (Fsp3) is 0.0167. The van der Waals surface area contributed by atoms with Crippen LogP contribution in [0, 0.1) is 6.92 Å². The summed E-state index contributed by atoms with van der Waals surface area (Å²) in [6, 6.07) is 77.5. The summed E-state index contributed by atoms with van der Waals surface area (Å²) in [5.74, 6) is 0. The van der Waals surface area contributed by atoms with Gasteiger partial charge in [-0.1, -0.05) is 115 Å². The van der Waals surface area contributed by atoms with Crippen molar-refractivity contribution in [3.05, 3.63) is 224 Å². The fourth-order valence-electron chi connectivity index (χ4n) is 11.0. The highest BCUT2D eigenvalue weighted by atomic mass is 15.0. The van der Waals surface area contributed by atoms with Gasteiger partial charge in [-0.2, -0.15) is 0 Å². The van der Waals surface area contributed by atoms with E-state index in [4.69, 9.17) is 4.98 Å². The van der Waals surface area contributed by atoms with Crippen LogP contribution >= 0.6 is 0 Å². The first-order valence-corrected chi connectivity index (χ1v) is 22.3. The molecule has 0 spiro atoms. The second-order valence-electron chi connectivity index (χ2n) is 17.2. The largest absolute Gasteiger partial charge is 0.309 e. The number of fused-ring (bicyclic) bond motifs is 12. The molecule has 0 aliphatic rings. The minimum atomic E-state index is 0.942. The molecule has 9 aromatic carbocycles. The van der Waals surface area contributed by atoms with Crippen LogP contribution < -0.4 is 0 Å². The van der Waals surface area contributed by atoms with Crippen LogP contribution in [0.3, 0.4) is 0 Å². The number of aromatic nitrogens is 5. The summed E-state index contributed by atoms with van der Waals surface area (Å²) >= 11 is 0. The third-order valence-electron chi connectivity index (χ3n) is 13.8. The van der Waals surface area contributed by atoms with Gasteiger partial charge in [-0.3, -0.25) is 4.98 Å². The van der Waals surface area contributed by atoms with Crippen LogP contribution in [0.2, 0.25) is 0 Å². The summed E-state index contributed by atoms with van der Waals surface area (Å²) < 4.78 is 9.74. The van der Waals surface area contributed by atoms with Gasteiger partial charge in [0.2, 0.25) is 0 Å². The van der Waals surface area contributed by atoms with Crippen LogP contribution in [-0.2, 0) is 0 Å². The maximum atomic E-state index is 4.96. The van der Waals surface area contributed by atoms with Crippen molar-refractivity contribution >= 4 is 87.2 Å². The van der Waals surface area contributed by atoms with Crippen molar-refractivity contribution in [3.8, 4) is 34.0 Å². The van der Waals surface area contributed by atoms with Gasteiger partial charge in [-0.15, -0.1) is 0 Å². The summed E-state index contributed by atoms with van der Waals surface area (Å²) in [6.45, 7) is 2.25. The molecule has 0 aliphatic heterocycles. The van der Waals surface area contributed by atoms with Gasteiger partial charge in [-0.25, -0.2) is 0 Å². The number of nitrogens with zero attached hydrogens (tertiary/aromatic N) is 5. The highest BCUT2D eigenvalue weighted by Crippen LogP contribution is 2.42. The predicted octanol–water partition coefficient (Wildman–Crippen LogP) is 15.4. The lowest BCUT2D eigenvalue weighted by Crippen LogP contribution is -2.04. The van der Waals surface area contributed by atoms with Crippen LogP contribution in [0.5, 0.6) is 0 Å². The van der Waals surface area contributed by atoms with E-state index in [0.29, 0.717) is 0 Å². The maximum absolute atomic E-state index is 4.96. The monoisotopic (exact) mass is 829 g/mol. The molecule has 0 aliphatic carbocycles. The molecule has 0 saturated heterocycles. The highest BCUT2D eigenvalue weighted by Gasteiger charge is 2.22. The number of pyridine rings is 1. The molecule has 5 aromatic heterocycles. The first-order valence-electron chi connectivity index (χ1n) is 22.3. The topological polar surface area (TPSA) is 32.6 Å². The number of rotatable bonds is 5. The summed E-state index contributed by atoms with van der Waals surface area (Å²) in [5.41, 5.74) is 17.1. The van der Waals surface area contributed by atoms with Crippen LogP contribution in [0.1, 0.15) is 5.56 Å². The van der Waals surface area contributed by atoms with E-state index < -0.39 is 0 Å².